The molecule has 150 valence electrons. The topological polar surface area (TPSA) is 59.8 Å². The minimum Gasteiger partial charge on any atom is -0.325 e. The Morgan fingerprint density at radius 3 is 2.50 bits per heavy atom. The number of anilines is 1. The molecule has 1 amide bonds. The average molecular weight is 418 g/mol. The number of hydrogen-bond acceptors (Lipinski definition) is 4. The van der Waals surface area contributed by atoms with Gasteiger partial charge in [-0.15, -0.1) is 10.2 Å². The van der Waals surface area contributed by atoms with E-state index >= 15 is 0 Å². The number of nitrogens with one attached hydrogen (secondary N) is 1. The lowest BCUT2D eigenvalue weighted by molar-refractivity contribution is -0.113. The molecule has 4 rings (SSSR count). The monoisotopic (exact) mass is 418 g/mol. The van der Waals surface area contributed by atoms with Crippen LogP contribution in [0, 0.1) is 12.7 Å². The van der Waals surface area contributed by atoms with Gasteiger partial charge in [-0.25, -0.2) is 4.39 Å². The summed E-state index contributed by atoms with van der Waals surface area (Å²) in [6.07, 6.45) is 0. The number of halogens is 1. The summed E-state index contributed by atoms with van der Waals surface area (Å²) in [6.45, 7) is 2.03. The summed E-state index contributed by atoms with van der Waals surface area (Å²) in [5, 5.41) is 12.0. The lowest BCUT2D eigenvalue weighted by atomic mass is 10.1. The van der Waals surface area contributed by atoms with E-state index in [1.54, 1.807) is 12.1 Å². The number of carbonyl (C=O) groups excluding carboxylic acids is 1. The van der Waals surface area contributed by atoms with Gasteiger partial charge in [-0.05, 0) is 37.3 Å². The van der Waals surface area contributed by atoms with Crippen LogP contribution >= 0.6 is 11.8 Å². The molecule has 0 atom stereocenters. The third-order valence-electron chi connectivity index (χ3n) is 4.40. The molecule has 0 radical (unpaired) electrons. The number of para-hydroxylation sites is 1. The molecule has 0 aliphatic heterocycles. The highest BCUT2D eigenvalue weighted by molar-refractivity contribution is 7.99. The molecule has 0 saturated carbocycles. The molecule has 0 fully saturated rings. The highest BCUT2D eigenvalue weighted by Gasteiger charge is 2.17. The van der Waals surface area contributed by atoms with E-state index in [2.05, 4.69) is 15.5 Å². The van der Waals surface area contributed by atoms with Gasteiger partial charge in [-0.3, -0.25) is 9.36 Å². The molecular weight excluding hydrogens is 399 g/mol. The average Bonchev–Trinajstić information content (AvgIpc) is 3.17. The van der Waals surface area contributed by atoms with Crippen LogP contribution in [-0.4, -0.2) is 26.4 Å². The molecule has 3 aromatic carbocycles. The Hall–Kier alpha value is -3.45. The molecule has 0 saturated heterocycles. The van der Waals surface area contributed by atoms with Crippen molar-refractivity contribution in [2.24, 2.45) is 0 Å². The van der Waals surface area contributed by atoms with Crippen LogP contribution in [0.1, 0.15) is 5.56 Å². The fourth-order valence-corrected chi connectivity index (χ4v) is 3.71. The number of nitrogens with zero attached hydrogens (tertiary/aromatic N) is 3. The minimum atomic E-state index is -0.396. The summed E-state index contributed by atoms with van der Waals surface area (Å²) < 4.78 is 15.3. The van der Waals surface area contributed by atoms with Crippen molar-refractivity contribution >= 4 is 23.4 Å². The zero-order chi connectivity index (χ0) is 20.9. The second kappa shape index (κ2) is 8.92. The second-order valence-electron chi connectivity index (χ2n) is 6.69. The zero-order valence-corrected chi connectivity index (χ0v) is 17.1. The number of rotatable bonds is 6. The van der Waals surface area contributed by atoms with E-state index in [1.165, 1.54) is 23.9 Å². The van der Waals surface area contributed by atoms with Crippen molar-refractivity contribution in [1.29, 1.82) is 0 Å². The van der Waals surface area contributed by atoms with Crippen LogP contribution in [0.4, 0.5) is 10.1 Å². The number of aromatic nitrogens is 3. The number of benzene rings is 3. The van der Waals surface area contributed by atoms with Gasteiger partial charge in [0.25, 0.3) is 0 Å². The van der Waals surface area contributed by atoms with Gasteiger partial charge in [0.15, 0.2) is 11.0 Å². The fraction of sp³-hybridized carbons (Fsp3) is 0.0870. The Kier molecular flexibility index (Phi) is 5.90. The van der Waals surface area contributed by atoms with E-state index in [0.717, 1.165) is 16.8 Å². The van der Waals surface area contributed by atoms with Crippen LogP contribution < -0.4 is 5.32 Å². The van der Waals surface area contributed by atoms with Gasteiger partial charge in [0, 0.05) is 16.9 Å². The van der Waals surface area contributed by atoms with Crippen LogP contribution in [0.15, 0.2) is 84.0 Å². The van der Waals surface area contributed by atoms with Crippen molar-refractivity contribution in [3.05, 3.63) is 90.2 Å². The molecule has 7 heteroatoms. The van der Waals surface area contributed by atoms with E-state index < -0.39 is 5.82 Å². The van der Waals surface area contributed by atoms with Gasteiger partial charge >= 0.3 is 0 Å². The van der Waals surface area contributed by atoms with Gasteiger partial charge in [0.05, 0.1) is 5.75 Å². The first-order valence-corrected chi connectivity index (χ1v) is 10.3. The molecule has 5 nitrogen and oxygen atoms in total. The molecule has 1 heterocycles. The van der Waals surface area contributed by atoms with Gasteiger partial charge in [-0.1, -0.05) is 65.9 Å². The van der Waals surface area contributed by atoms with Gasteiger partial charge in [-0.2, -0.15) is 0 Å². The van der Waals surface area contributed by atoms with E-state index in [0.29, 0.717) is 16.7 Å². The highest BCUT2D eigenvalue weighted by Crippen LogP contribution is 2.28. The highest BCUT2D eigenvalue weighted by atomic mass is 32.2. The molecule has 0 aliphatic rings. The van der Waals surface area contributed by atoms with Gasteiger partial charge < -0.3 is 5.32 Å². The fourth-order valence-electron chi connectivity index (χ4n) is 2.96. The normalized spacial score (nSPS) is 10.7. The molecule has 0 spiro atoms. The lowest BCUT2D eigenvalue weighted by Gasteiger charge is -2.10. The van der Waals surface area contributed by atoms with Crippen molar-refractivity contribution in [2.75, 3.05) is 11.1 Å². The van der Waals surface area contributed by atoms with Crippen LogP contribution in [0.25, 0.3) is 17.1 Å². The van der Waals surface area contributed by atoms with Crippen molar-refractivity contribution in [1.82, 2.24) is 14.8 Å². The molecule has 1 N–H and O–H groups in total. The molecule has 0 aliphatic carbocycles. The largest absolute Gasteiger partial charge is 0.325 e. The molecular formula is C23H19FN4OS. The van der Waals surface area contributed by atoms with Crippen LogP contribution in [0.5, 0.6) is 0 Å². The Morgan fingerprint density at radius 2 is 1.77 bits per heavy atom. The first kappa shape index (κ1) is 19.8. The van der Waals surface area contributed by atoms with Crippen LogP contribution in [-0.2, 0) is 4.79 Å². The number of thioether (sulfide) groups is 1. The van der Waals surface area contributed by atoms with Crippen molar-refractivity contribution in [3.63, 3.8) is 0 Å². The molecule has 0 bridgehead atoms. The standard InChI is InChI=1S/C23H19FN4OS/c1-16-10-12-17(13-11-16)22-26-27-23(28(22)20-8-3-2-4-9-20)30-15-21(29)25-19-7-5-6-18(24)14-19/h2-14H,15H2,1H3,(H,25,29). The maximum atomic E-state index is 13.3. The molecule has 30 heavy (non-hydrogen) atoms. The lowest BCUT2D eigenvalue weighted by Crippen LogP contribution is -2.14. The predicted molar refractivity (Wildman–Crippen MR) is 117 cm³/mol. The number of aryl methyl sites for hydroxylation is 1. The summed E-state index contributed by atoms with van der Waals surface area (Å²) in [6, 6.07) is 23.6. The summed E-state index contributed by atoms with van der Waals surface area (Å²) >= 11 is 1.28. The van der Waals surface area contributed by atoms with Crippen molar-refractivity contribution in [3.8, 4) is 17.1 Å². The summed E-state index contributed by atoms with van der Waals surface area (Å²) in [7, 11) is 0. The van der Waals surface area contributed by atoms with Crippen molar-refractivity contribution < 1.29 is 9.18 Å². The quantitative estimate of drug-likeness (QED) is 0.442. The first-order chi connectivity index (χ1) is 14.6. The summed E-state index contributed by atoms with van der Waals surface area (Å²) in [5.74, 6) is 0.182. The first-order valence-electron chi connectivity index (χ1n) is 9.36. The Balaban J connectivity index is 1.58. The molecule has 0 unspecified atom stereocenters. The van der Waals surface area contributed by atoms with Gasteiger partial charge in [0.2, 0.25) is 5.91 Å². The van der Waals surface area contributed by atoms with E-state index in [1.807, 2.05) is 66.1 Å². The third kappa shape index (κ3) is 4.58. The SMILES string of the molecule is Cc1ccc(-c2nnc(SCC(=O)Nc3cccc(F)c3)n2-c2ccccc2)cc1. The van der Waals surface area contributed by atoms with E-state index in [4.69, 9.17) is 0 Å². The summed E-state index contributed by atoms with van der Waals surface area (Å²) in [4.78, 5) is 12.3. The smallest absolute Gasteiger partial charge is 0.234 e. The summed E-state index contributed by atoms with van der Waals surface area (Å²) in [5.41, 5.74) is 3.43. The van der Waals surface area contributed by atoms with Crippen LogP contribution in [0.3, 0.4) is 0 Å². The maximum Gasteiger partial charge on any atom is 0.234 e. The zero-order valence-electron chi connectivity index (χ0n) is 16.2. The Labute approximate surface area is 178 Å². The van der Waals surface area contributed by atoms with E-state index in [-0.39, 0.29) is 11.7 Å². The Bertz CT molecular complexity index is 1160. The maximum absolute atomic E-state index is 13.3. The molecule has 4 aromatic rings. The van der Waals surface area contributed by atoms with Crippen LogP contribution in [0.2, 0.25) is 0 Å². The second-order valence-corrected chi connectivity index (χ2v) is 7.63. The molecule has 1 aromatic heterocycles. The number of carbonyl (C=O) groups is 1. The Morgan fingerprint density at radius 1 is 1.00 bits per heavy atom. The number of hydrogen-bond donors (Lipinski definition) is 1. The van der Waals surface area contributed by atoms with E-state index in [9.17, 15) is 9.18 Å². The van der Waals surface area contributed by atoms with Crippen molar-refractivity contribution in [2.45, 2.75) is 12.1 Å². The minimum absolute atomic E-state index is 0.120. The number of amides is 1. The van der Waals surface area contributed by atoms with Gasteiger partial charge in [0.1, 0.15) is 5.82 Å². The third-order valence-corrected chi connectivity index (χ3v) is 5.33. The predicted octanol–water partition coefficient (Wildman–Crippen LogP) is 5.11.